The molecule has 1 saturated carbocycles. The van der Waals surface area contributed by atoms with Crippen molar-refractivity contribution < 1.29 is 9.47 Å². The van der Waals surface area contributed by atoms with Gasteiger partial charge in [-0.2, -0.15) is 0 Å². The maximum atomic E-state index is 5.55. The standard InChI is InChI=1S/C11H23NO2/c1-10(14-8-7-13-2)9-12-11-5-3-4-6-11/h10-12H,3-9H2,1-2H3. The number of hydrogen-bond acceptors (Lipinski definition) is 3. The van der Waals surface area contributed by atoms with Gasteiger partial charge in [0.05, 0.1) is 19.3 Å². The van der Waals surface area contributed by atoms with Gasteiger partial charge in [0.2, 0.25) is 0 Å². The number of ether oxygens (including phenoxy) is 2. The quantitative estimate of drug-likeness (QED) is 0.634. The Morgan fingerprint density at radius 1 is 1.29 bits per heavy atom. The summed E-state index contributed by atoms with van der Waals surface area (Å²) in [6.45, 7) is 4.46. The number of nitrogens with one attached hydrogen (secondary N) is 1. The van der Waals surface area contributed by atoms with Crippen LogP contribution in [-0.2, 0) is 9.47 Å². The summed E-state index contributed by atoms with van der Waals surface area (Å²) in [6, 6.07) is 0.739. The van der Waals surface area contributed by atoms with Gasteiger partial charge in [-0.05, 0) is 19.8 Å². The second-order valence-electron chi connectivity index (χ2n) is 4.06. The van der Waals surface area contributed by atoms with E-state index in [1.165, 1.54) is 25.7 Å². The molecule has 1 aliphatic rings. The highest BCUT2D eigenvalue weighted by Gasteiger charge is 2.14. The molecule has 1 N–H and O–H groups in total. The summed E-state index contributed by atoms with van der Waals surface area (Å²) >= 11 is 0. The molecule has 0 bridgehead atoms. The van der Waals surface area contributed by atoms with E-state index in [9.17, 15) is 0 Å². The van der Waals surface area contributed by atoms with E-state index in [2.05, 4.69) is 12.2 Å². The molecule has 0 saturated heterocycles. The van der Waals surface area contributed by atoms with Gasteiger partial charge in [0.1, 0.15) is 0 Å². The number of methoxy groups -OCH3 is 1. The first kappa shape index (κ1) is 12.0. The van der Waals surface area contributed by atoms with E-state index in [0.717, 1.165) is 12.6 Å². The second-order valence-corrected chi connectivity index (χ2v) is 4.06. The smallest absolute Gasteiger partial charge is 0.0704 e. The Balaban J connectivity index is 1.93. The zero-order valence-corrected chi connectivity index (χ0v) is 9.42. The van der Waals surface area contributed by atoms with E-state index in [1.807, 2.05) is 0 Å². The topological polar surface area (TPSA) is 30.5 Å². The highest BCUT2D eigenvalue weighted by atomic mass is 16.5. The third-order valence-electron chi connectivity index (χ3n) is 2.74. The molecule has 1 atom stereocenters. The molecule has 0 aromatic rings. The van der Waals surface area contributed by atoms with E-state index in [-0.39, 0.29) is 0 Å². The molecule has 3 heteroatoms. The number of rotatable bonds is 7. The summed E-state index contributed by atoms with van der Waals surface area (Å²) in [6.07, 6.45) is 5.74. The van der Waals surface area contributed by atoms with Crippen LogP contribution in [0.2, 0.25) is 0 Å². The predicted molar refractivity (Wildman–Crippen MR) is 57.5 cm³/mol. The van der Waals surface area contributed by atoms with Crippen LogP contribution in [0.3, 0.4) is 0 Å². The van der Waals surface area contributed by atoms with Gasteiger partial charge in [-0.1, -0.05) is 12.8 Å². The van der Waals surface area contributed by atoms with Crippen molar-refractivity contribution in [3.8, 4) is 0 Å². The lowest BCUT2D eigenvalue weighted by molar-refractivity contribution is 0.0256. The molecule has 0 aromatic carbocycles. The van der Waals surface area contributed by atoms with Crippen molar-refractivity contribution in [1.29, 1.82) is 0 Å². The fraction of sp³-hybridized carbons (Fsp3) is 1.00. The van der Waals surface area contributed by atoms with Crippen LogP contribution in [0, 0.1) is 0 Å². The summed E-state index contributed by atoms with van der Waals surface area (Å²) in [5.74, 6) is 0. The van der Waals surface area contributed by atoms with Gasteiger partial charge in [-0.3, -0.25) is 0 Å². The first-order chi connectivity index (χ1) is 6.83. The molecular formula is C11H23NO2. The van der Waals surface area contributed by atoms with Gasteiger partial charge < -0.3 is 14.8 Å². The van der Waals surface area contributed by atoms with Crippen molar-refractivity contribution in [2.24, 2.45) is 0 Å². The van der Waals surface area contributed by atoms with Crippen molar-refractivity contribution in [2.75, 3.05) is 26.9 Å². The fourth-order valence-corrected chi connectivity index (χ4v) is 1.85. The average Bonchev–Trinajstić information content (AvgIpc) is 2.68. The minimum atomic E-state index is 0.297. The average molecular weight is 201 g/mol. The summed E-state index contributed by atoms with van der Waals surface area (Å²) in [5.41, 5.74) is 0. The van der Waals surface area contributed by atoms with Crippen LogP contribution in [0.15, 0.2) is 0 Å². The minimum absolute atomic E-state index is 0.297. The molecule has 1 unspecified atom stereocenters. The van der Waals surface area contributed by atoms with Crippen LogP contribution >= 0.6 is 0 Å². The van der Waals surface area contributed by atoms with Crippen molar-refractivity contribution in [3.63, 3.8) is 0 Å². The molecule has 0 aliphatic heterocycles. The summed E-state index contributed by atoms with van der Waals surface area (Å²) in [5, 5.41) is 3.54. The normalized spacial score (nSPS) is 20.1. The maximum absolute atomic E-state index is 5.55. The summed E-state index contributed by atoms with van der Waals surface area (Å²) in [7, 11) is 1.70. The van der Waals surface area contributed by atoms with E-state index < -0.39 is 0 Å². The van der Waals surface area contributed by atoms with E-state index in [4.69, 9.17) is 9.47 Å². The summed E-state index contributed by atoms with van der Waals surface area (Å²) < 4.78 is 10.5. The van der Waals surface area contributed by atoms with E-state index in [1.54, 1.807) is 7.11 Å². The van der Waals surface area contributed by atoms with Crippen LogP contribution in [0.1, 0.15) is 32.6 Å². The molecule has 1 aliphatic carbocycles. The van der Waals surface area contributed by atoms with Crippen LogP contribution < -0.4 is 5.32 Å². The Morgan fingerprint density at radius 2 is 2.00 bits per heavy atom. The van der Waals surface area contributed by atoms with Crippen molar-refractivity contribution in [2.45, 2.75) is 44.8 Å². The Bertz CT molecular complexity index is 135. The molecule has 3 nitrogen and oxygen atoms in total. The van der Waals surface area contributed by atoms with Gasteiger partial charge in [-0.25, -0.2) is 0 Å². The maximum Gasteiger partial charge on any atom is 0.0704 e. The molecule has 0 aromatic heterocycles. The van der Waals surface area contributed by atoms with E-state index >= 15 is 0 Å². The Morgan fingerprint density at radius 3 is 2.64 bits per heavy atom. The fourth-order valence-electron chi connectivity index (χ4n) is 1.85. The minimum Gasteiger partial charge on any atom is -0.382 e. The Kier molecular flexibility index (Phi) is 6.15. The third kappa shape index (κ3) is 4.94. The molecular weight excluding hydrogens is 178 g/mol. The molecule has 1 fully saturated rings. The van der Waals surface area contributed by atoms with Crippen molar-refractivity contribution >= 4 is 0 Å². The monoisotopic (exact) mass is 201 g/mol. The third-order valence-corrected chi connectivity index (χ3v) is 2.74. The van der Waals surface area contributed by atoms with Gasteiger partial charge >= 0.3 is 0 Å². The molecule has 0 radical (unpaired) electrons. The van der Waals surface area contributed by atoms with Gasteiger partial charge in [0, 0.05) is 19.7 Å². The first-order valence-electron chi connectivity index (χ1n) is 5.67. The zero-order valence-electron chi connectivity index (χ0n) is 9.42. The highest BCUT2D eigenvalue weighted by molar-refractivity contribution is 4.74. The largest absolute Gasteiger partial charge is 0.382 e. The van der Waals surface area contributed by atoms with Crippen LogP contribution in [-0.4, -0.2) is 39.0 Å². The highest BCUT2D eigenvalue weighted by Crippen LogP contribution is 2.17. The molecule has 84 valence electrons. The Hall–Kier alpha value is -0.120. The van der Waals surface area contributed by atoms with Crippen LogP contribution in [0.5, 0.6) is 0 Å². The van der Waals surface area contributed by atoms with E-state index in [0.29, 0.717) is 19.3 Å². The molecule has 1 rings (SSSR count). The lowest BCUT2D eigenvalue weighted by Crippen LogP contribution is -2.34. The first-order valence-corrected chi connectivity index (χ1v) is 5.67. The number of hydrogen-bond donors (Lipinski definition) is 1. The molecule has 0 heterocycles. The summed E-state index contributed by atoms with van der Waals surface area (Å²) in [4.78, 5) is 0. The van der Waals surface area contributed by atoms with Crippen molar-refractivity contribution in [1.82, 2.24) is 5.32 Å². The van der Waals surface area contributed by atoms with Crippen LogP contribution in [0.4, 0.5) is 0 Å². The Labute approximate surface area is 87.2 Å². The van der Waals surface area contributed by atoms with Crippen LogP contribution in [0.25, 0.3) is 0 Å². The van der Waals surface area contributed by atoms with Gasteiger partial charge in [0.25, 0.3) is 0 Å². The molecule has 0 spiro atoms. The zero-order chi connectivity index (χ0) is 10.2. The SMILES string of the molecule is COCCOC(C)CNC1CCCC1. The van der Waals surface area contributed by atoms with Gasteiger partial charge in [-0.15, -0.1) is 0 Å². The second kappa shape index (κ2) is 7.21. The molecule has 14 heavy (non-hydrogen) atoms. The van der Waals surface area contributed by atoms with Gasteiger partial charge in [0.15, 0.2) is 0 Å². The lowest BCUT2D eigenvalue weighted by Gasteiger charge is -2.17. The predicted octanol–water partition coefficient (Wildman–Crippen LogP) is 1.57. The lowest BCUT2D eigenvalue weighted by atomic mass is 10.2. The van der Waals surface area contributed by atoms with Crippen molar-refractivity contribution in [3.05, 3.63) is 0 Å². The molecule has 0 amide bonds.